The van der Waals surface area contributed by atoms with Gasteiger partial charge in [0, 0.05) is 16.0 Å². The molecule has 0 fully saturated rings. The zero-order chi connectivity index (χ0) is 13.9. The average molecular weight is 280 g/mol. The van der Waals surface area contributed by atoms with Crippen LogP contribution in [-0.2, 0) is 6.42 Å². The third-order valence-electron chi connectivity index (χ3n) is 3.67. The van der Waals surface area contributed by atoms with Crippen LogP contribution in [0.15, 0.2) is 59.0 Å². The Labute approximate surface area is 123 Å². The molecule has 0 atom stereocenters. The number of ketones is 1. The third-order valence-corrected chi connectivity index (χ3v) is 4.42. The molecule has 1 nitrogen and oxygen atoms in total. The number of Topliss-reactive ketones (excluding diaryl/α,β-unsaturated/α-hetero) is 1. The summed E-state index contributed by atoms with van der Waals surface area (Å²) >= 11 is 1.73. The van der Waals surface area contributed by atoms with E-state index in [2.05, 4.69) is 36.6 Å². The Kier molecular flexibility index (Phi) is 3.75. The lowest BCUT2D eigenvalue weighted by molar-refractivity contribution is 0.102. The van der Waals surface area contributed by atoms with E-state index in [0.29, 0.717) is 0 Å². The first-order valence-electron chi connectivity index (χ1n) is 6.75. The lowest BCUT2D eigenvalue weighted by Crippen LogP contribution is -2.13. The number of allylic oxidation sites excluding steroid dienone is 1. The van der Waals surface area contributed by atoms with E-state index in [9.17, 15) is 4.79 Å². The molecule has 1 aliphatic carbocycles. The number of fused-ring (bicyclic) bond motifs is 1. The Bertz CT molecular complexity index is 668. The second-order valence-electron chi connectivity index (χ2n) is 4.93. The first kappa shape index (κ1) is 13.2. The predicted octanol–water partition coefficient (Wildman–Crippen LogP) is 4.62. The highest BCUT2D eigenvalue weighted by Crippen LogP contribution is 2.26. The summed E-state index contributed by atoms with van der Waals surface area (Å²) < 4.78 is 0. The average Bonchev–Trinajstić information content (AvgIpc) is 2.51. The molecule has 0 aromatic heterocycles. The molecule has 0 aliphatic heterocycles. The number of hydrogen-bond acceptors (Lipinski definition) is 2. The Hall–Kier alpha value is -1.80. The summed E-state index contributed by atoms with van der Waals surface area (Å²) in [5.74, 6) is 0.181. The maximum Gasteiger partial charge on any atom is 0.189 e. The van der Waals surface area contributed by atoms with Crippen molar-refractivity contribution in [3.63, 3.8) is 0 Å². The van der Waals surface area contributed by atoms with Crippen molar-refractivity contribution in [3.05, 3.63) is 70.8 Å². The lowest BCUT2D eigenvalue weighted by atomic mass is 9.86. The summed E-state index contributed by atoms with van der Waals surface area (Å²) in [6.07, 6.45) is 5.88. The van der Waals surface area contributed by atoms with Crippen LogP contribution in [0.5, 0.6) is 0 Å². The molecule has 0 N–H and O–H groups in total. The normalized spacial score (nSPS) is 16.2. The van der Waals surface area contributed by atoms with E-state index in [-0.39, 0.29) is 5.78 Å². The van der Waals surface area contributed by atoms with Crippen LogP contribution in [-0.4, -0.2) is 12.0 Å². The van der Waals surface area contributed by atoms with Gasteiger partial charge in [-0.15, -0.1) is 11.8 Å². The van der Waals surface area contributed by atoms with E-state index in [4.69, 9.17) is 0 Å². The van der Waals surface area contributed by atoms with Gasteiger partial charge in [-0.05, 0) is 48.4 Å². The number of aryl methyl sites for hydroxylation is 1. The van der Waals surface area contributed by atoms with Crippen molar-refractivity contribution < 1.29 is 4.79 Å². The van der Waals surface area contributed by atoms with Crippen molar-refractivity contribution in [3.8, 4) is 0 Å². The molecule has 0 heterocycles. The van der Waals surface area contributed by atoms with Gasteiger partial charge in [-0.25, -0.2) is 0 Å². The van der Waals surface area contributed by atoms with Gasteiger partial charge in [-0.1, -0.05) is 36.4 Å². The maximum atomic E-state index is 12.5. The van der Waals surface area contributed by atoms with Crippen molar-refractivity contribution in [2.24, 2.45) is 0 Å². The fraction of sp³-hybridized carbons (Fsp3) is 0.167. The molecule has 100 valence electrons. The maximum absolute atomic E-state index is 12.5. The third kappa shape index (κ3) is 2.56. The topological polar surface area (TPSA) is 17.1 Å². The minimum atomic E-state index is 0.181. The molecule has 0 radical (unpaired) electrons. The van der Waals surface area contributed by atoms with Crippen molar-refractivity contribution in [2.75, 3.05) is 6.26 Å². The molecule has 2 heteroatoms. The Morgan fingerprint density at radius 1 is 1.00 bits per heavy atom. The molecular weight excluding hydrogens is 264 g/mol. The van der Waals surface area contributed by atoms with Crippen LogP contribution in [0.2, 0.25) is 0 Å². The van der Waals surface area contributed by atoms with Crippen LogP contribution >= 0.6 is 11.8 Å². The number of thioether (sulfide) groups is 1. The van der Waals surface area contributed by atoms with E-state index < -0.39 is 0 Å². The highest BCUT2D eigenvalue weighted by Gasteiger charge is 2.20. The summed E-state index contributed by atoms with van der Waals surface area (Å²) in [7, 11) is 0. The van der Waals surface area contributed by atoms with Crippen molar-refractivity contribution in [2.45, 2.75) is 17.7 Å². The quantitative estimate of drug-likeness (QED) is 0.590. The van der Waals surface area contributed by atoms with E-state index in [1.54, 1.807) is 11.8 Å². The van der Waals surface area contributed by atoms with Gasteiger partial charge in [-0.2, -0.15) is 0 Å². The van der Waals surface area contributed by atoms with Gasteiger partial charge in [0.15, 0.2) is 5.78 Å². The van der Waals surface area contributed by atoms with Crippen LogP contribution in [0.25, 0.3) is 6.08 Å². The zero-order valence-corrected chi connectivity index (χ0v) is 12.2. The SMILES string of the molecule is CSc1ccc(/C=C2/CCc3ccccc3C2=O)cc1. The molecule has 2 aromatic rings. The summed E-state index contributed by atoms with van der Waals surface area (Å²) in [6.45, 7) is 0. The molecule has 2 aromatic carbocycles. The van der Waals surface area contributed by atoms with Crippen LogP contribution in [0.3, 0.4) is 0 Å². The van der Waals surface area contributed by atoms with Gasteiger partial charge in [0.05, 0.1) is 0 Å². The molecule has 0 spiro atoms. The minimum absolute atomic E-state index is 0.181. The van der Waals surface area contributed by atoms with Gasteiger partial charge >= 0.3 is 0 Å². The van der Waals surface area contributed by atoms with Crippen LogP contribution < -0.4 is 0 Å². The van der Waals surface area contributed by atoms with Crippen LogP contribution in [0, 0.1) is 0 Å². The number of rotatable bonds is 2. The minimum Gasteiger partial charge on any atom is -0.289 e. The Morgan fingerprint density at radius 2 is 1.75 bits per heavy atom. The number of carbonyl (C=O) groups is 1. The van der Waals surface area contributed by atoms with Gasteiger partial charge in [0.1, 0.15) is 0 Å². The fourth-order valence-corrected chi connectivity index (χ4v) is 2.96. The molecule has 0 bridgehead atoms. The number of hydrogen-bond donors (Lipinski definition) is 0. The van der Waals surface area contributed by atoms with E-state index >= 15 is 0 Å². The molecule has 0 saturated heterocycles. The van der Waals surface area contributed by atoms with Crippen LogP contribution in [0.1, 0.15) is 27.9 Å². The molecule has 3 rings (SSSR count). The molecule has 20 heavy (non-hydrogen) atoms. The van der Waals surface area contributed by atoms with Gasteiger partial charge in [0.2, 0.25) is 0 Å². The standard InChI is InChI=1S/C18H16OS/c1-20-16-10-6-13(7-11-16)12-15-9-8-14-4-2-3-5-17(14)18(15)19/h2-7,10-12H,8-9H2,1H3/b15-12-. The first-order chi connectivity index (χ1) is 9.78. The van der Waals surface area contributed by atoms with E-state index in [0.717, 1.165) is 29.5 Å². The second-order valence-corrected chi connectivity index (χ2v) is 5.81. The fourth-order valence-electron chi connectivity index (χ4n) is 2.55. The first-order valence-corrected chi connectivity index (χ1v) is 7.97. The number of benzene rings is 2. The molecule has 0 unspecified atom stereocenters. The lowest BCUT2D eigenvalue weighted by Gasteiger charge is -2.17. The summed E-state index contributed by atoms with van der Waals surface area (Å²) in [5, 5.41) is 0. The monoisotopic (exact) mass is 280 g/mol. The highest BCUT2D eigenvalue weighted by molar-refractivity contribution is 7.98. The van der Waals surface area contributed by atoms with Crippen molar-refractivity contribution in [1.82, 2.24) is 0 Å². The Balaban J connectivity index is 1.91. The summed E-state index contributed by atoms with van der Waals surface area (Å²) in [4.78, 5) is 13.7. The smallest absolute Gasteiger partial charge is 0.189 e. The largest absolute Gasteiger partial charge is 0.289 e. The van der Waals surface area contributed by atoms with Crippen LogP contribution in [0.4, 0.5) is 0 Å². The zero-order valence-electron chi connectivity index (χ0n) is 11.4. The summed E-state index contributed by atoms with van der Waals surface area (Å²) in [5.41, 5.74) is 4.06. The highest BCUT2D eigenvalue weighted by atomic mass is 32.2. The van der Waals surface area contributed by atoms with Gasteiger partial charge in [0.25, 0.3) is 0 Å². The van der Waals surface area contributed by atoms with E-state index in [1.165, 1.54) is 10.5 Å². The Morgan fingerprint density at radius 3 is 2.50 bits per heavy atom. The van der Waals surface area contributed by atoms with E-state index in [1.807, 2.05) is 24.3 Å². The molecule has 0 amide bonds. The predicted molar refractivity (Wildman–Crippen MR) is 85.3 cm³/mol. The van der Waals surface area contributed by atoms with Crippen molar-refractivity contribution >= 4 is 23.6 Å². The number of carbonyl (C=O) groups excluding carboxylic acids is 1. The van der Waals surface area contributed by atoms with Gasteiger partial charge in [-0.3, -0.25) is 4.79 Å². The molecule has 0 saturated carbocycles. The van der Waals surface area contributed by atoms with Gasteiger partial charge < -0.3 is 0 Å². The second kappa shape index (κ2) is 5.68. The van der Waals surface area contributed by atoms with Crippen molar-refractivity contribution in [1.29, 1.82) is 0 Å². The molecule has 1 aliphatic rings. The summed E-state index contributed by atoms with van der Waals surface area (Å²) in [6, 6.07) is 16.3. The molecular formula is C18H16OS.